The van der Waals surface area contributed by atoms with Gasteiger partial charge in [-0.15, -0.1) is 0 Å². The molecule has 88 valence electrons. The second kappa shape index (κ2) is 4.32. The summed E-state index contributed by atoms with van der Waals surface area (Å²) < 4.78 is 13.0. The molecule has 0 bridgehead atoms. The fourth-order valence-corrected chi connectivity index (χ4v) is 2.57. The Balaban J connectivity index is 2.29. The van der Waals surface area contributed by atoms with Crippen molar-refractivity contribution in [2.24, 2.45) is 5.92 Å². The van der Waals surface area contributed by atoms with Crippen molar-refractivity contribution >= 4 is 11.4 Å². The molecule has 0 aromatic heterocycles. The van der Waals surface area contributed by atoms with E-state index >= 15 is 0 Å². The predicted octanol–water partition coefficient (Wildman–Crippen LogP) is 3.03. The lowest BCUT2D eigenvalue weighted by molar-refractivity contribution is 0.492. The van der Waals surface area contributed by atoms with Crippen molar-refractivity contribution < 1.29 is 4.39 Å². The Morgan fingerprint density at radius 3 is 2.81 bits per heavy atom. The smallest absolute Gasteiger partial charge is 0.125 e. The van der Waals surface area contributed by atoms with Crippen LogP contribution in [0.4, 0.5) is 15.8 Å². The molecular formula is C13H19FN2. The van der Waals surface area contributed by atoms with Gasteiger partial charge in [-0.25, -0.2) is 4.39 Å². The van der Waals surface area contributed by atoms with E-state index in [4.69, 9.17) is 5.73 Å². The maximum atomic E-state index is 13.0. The Kier molecular flexibility index (Phi) is 3.03. The highest BCUT2D eigenvalue weighted by molar-refractivity contribution is 5.68. The molecule has 1 heterocycles. The summed E-state index contributed by atoms with van der Waals surface area (Å²) in [5, 5.41) is 0. The van der Waals surface area contributed by atoms with Gasteiger partial charge < -0.3 is 10.6 Å². The molecule has 2 nitrogen and oxygen atoms in total. The molecule has 0 aliphatic carbocycles. The number of halogens is 1. The predicted molar refractivity (Wildman–Crippen MR) is 66.0 cm³/mol. The Morgan fingerprint density at radius 1 is 1.44 bits per heavy atom. The minimum atomic E-state index is -0.262. The van der Waals surface area contributed by atoms with Gasteiger partial charge in [0.05, 0.1) is 11.4 Å². The van der Waals surface area contributed by atoms with Crippen molar-refractivity contribution in [3.8, 4) is 0 Å². The van der Waals surface area contributed by atoms with Crippen molar-refractivity contribution in [3.63, 3.8) is 0 Å². The fraction of sp³-hybridized carbons (Fsp3) is 0.538. The van der Waals surface area contributed by atoms with E-state index in [-0.39, 0.29) is 5.82 Å². The van der Waals surface area contributed by atoms with Gasteiger partial charge in [-0.2, -0.15) is 0 Å². The molecule has 1 aliphatic rings. The molecular weight excluding hydrogens is 203 g/mol. The molecule has 2 rings (SSSR count). The third kappa shape index (κ3) is 1.99. The molecule has 0 spiro atoms. The van der Waals surface area contributed by atoms with Crippen LogP contribution < -0.4 is 10.6 Å². The number of benzene rings is 1. The van der Waals surface area contributed by atoms with E-state index in [2.05, 4.69) is 18.7 Å². The lowest BCUT2D eigenvalue weighted by atomic mass is 10.0. The van der Waals surface area contributed by atoms with E-state index < -0.39 is 0 Å². The van der Waals surface area contributed by atoms with Crippen LogP contribution in [0, 0.1) is 11.7 Å². The van der Waals surface area contributed by atoms with Gasteiger partial charge in [-0.05, 0) is 37.0 Å². The number of rotatable bonds is 2. The van der Waals surface area contributed by atoms with E-state index in [0.29, 0.717) is 17.6 Å². The topological polar surface area (TPSA) is 29.3 Å². The Hall–Kier alpha value is -1.25. The molecule has 1 aromatic rings. The Morgan fingerprint density at radius 2 is 2.19 bits per heavy atom. The molecule has 1 unspecified atom stereocenters. The lowest BCUT2D eigenvalue weighted by Crippen LogP contribution is -2.33. The van der Waals surface area contributed by atoms with Gasteiger partial charge in [0, 0.05) is 12.6 Å². The first-order valence-electron chi connectivity index (χ1n) is 5.91. The summed E-state index contributed by atoms with van der Waals surface area (Å²) in [5.41, 5.74) is 7.41. The summed E-state index contributed by atoms with van der Waals surface area (Å²) in [6.45, 7) is 5.48. The first-order chi connectivity index (χ1) is 7.59. The number of hydrogen-bond acceptors (Lipinski definition) is 2. The van der Waals surface area contributed by atoms with Crippen LogP contribution in [0.1, 0.15) is 26.7 Å². The second-order valence-corrected chi connectivity index (χ2v) is 4.85. The first kappa shape index (κ1) is 11.2. The summed E-state index contributed by atoms with van der Waals surface area (Å²) in [5.74, 6) is 0.341. The van der Waals surface area contributed by atoms with Crippen LogP contribution in [0.5, 0.6) is 0 Å². The van der Waals surface area contributed by atoms with Crippen LogP contribution in [0.15, 0.2) is 18.2 Å². The maximum absolute atomic E-state index is 13.0. The van der Waals surface area contributed by atoms with E-state index in [1.54, 1.807) is 6.07 Å². The number of nitrogens with zero attached hydrogens (tertiary/aromatic N) is 1. The summed E-state index contributed by atoms with van der Waals surface area (Å²) in [6.07, 6.45) is 2.40. The highest BCUT2D eigenvalue weighted by Gasteiger charge is 2.28. The molecule has 2 N–H and O–H groups in total. The van der Waals surface area contributed by atoms with E-state index in [9.17, 15) is 4.39 Å². The van der Waals surface area contributed by atoms with Gasteiger partial charge in [0.2, 0.25) is 0 Å². The summed E-state index contributed by atoms with van der Waals surface area (Å²) in [7, 11) is 0. The Bertz CT molecular complexity index is 376. The van der Waals surface area contributed by atoms with E-state index in [1.165, 1.54) is 25.0 Å². The molecule has 1 aromatic carbocycles. The van der Waals surface area contributed by atoms with Crippen LogP contribution in [-0.2, 0) is 0 Å². The standard InChI is InChI=1S/C13H19FN2/c1-9(2)12-4-3-7-16(12)13-6-5-10(14)8-11(13)15/h5-6,8-9,12H,3-4,7,15H2,1-2H3. The zero-order chi connectivity index (χ0) is 11.7. The maximum Gasteiger partial charge on any atom is 0.125 e. The molecule has 1 saturated heterocycles. The zero-order valence-electron chi connectivity index (χ0n) is 9.91. The average Bonchev–Trinajstić information content (AvgIpc) is 2.66. The lowest BCUT2D eigenvalue weighted by Gasteiger charge is -2.30. The van der Waals surface area contributed by atoms with Gasteiger partial charge in [-0.1, -0.05) is 13.8 Å². The molecule has 3 heteroatoms. The van der Waals surface area contributed by atoms with Crippen molar-refractivity contribution in [1.29, 1.82) is 0 Å². The molecule has 0 radical (unpaired) electrons. The van der Waals surface area contributed by atoms with E-state index in [1.807, 2.05) is 0 Å². The van der Waals surface area contributed by atoms with Crippen LogP contribution in [-0.4, -0.2) is 12.6 Å². The normalized spacial score (nSPS) is 20.8. The molecule has 16 heavy (non-hydrogen) atoms. The largest absolute Gasteiger partial charge is 0.397 e. The highest BCUT2D eigenvalue weighted by atomic mass is 19.1. The van der Waals surface area contributed by atoms with Gasteiger partial charge in [-0.3, -0.25) is 0 Å². The van der Waals surface area contributed by atoms with Crippen molar-refractivity contribution in [2.75, 3.05) is 17.2 Å². The average molecular weight is 222 g/mol. The second-order valence-electron chi connectivity index (χ2n) is 4.85. The van der Waals surface area contributed by atoms with Crippen molar-refractivity contribution in [3.05, 3.63) is 24.0 Å². The zero-order valence-corrected chi connectivity index (χ0v) is 9.91. The van der Waals surface area contributed by atoms with Crippen LogP contribution in [0.25, 0.3) is 0 Å². The van der Waals surface area contributed by atoms with Crippen LogP contribution >= 0.6 is 0 Å². The quantitative estimate of drug-likeness (QED) is 0.779. The Labute approximate surface area is 96.2 Å². The van der Waals surface area contributed by atoms with Crippen molar-refractivity contribution in [1.82, 2.24) is 0 Å². The summed E-state index contributed by atoms with van der Waals surface area (Å²) in [4.78, 5) is 2.32. The van der Waals surface area contributed by atoms with E-state index in [0.717, 1.165) is 12.2 Å². The van der Waals surface area contributed by atoms with Gasteiger partial charge in [0.25, 0.3) is 0 Å². The van der Waals surface area contributed by atoms with Gasteiger partial charge >= 0.3 is 0 Å². The third-order valence-corrected chi connectivity index (χ3v) is 3.37. The molecule has 1 fully saturated rings. The first-order valence-corrected chi connectivity index (χ1v) is 5.91. The molecule has 1 atom stereocenters. The SMILES string of the molecule is CC(C)C1CCCN1c1ccc(F)cc1N. The molecule has 0 amide bonds. The number of nitrogen functional groups attached to an aromatic ring is 1. The minimum absolute atomic E-state index is 0.262. The highest BCUT2D eigenvalue weighted by Crippen LogP contribution is 2.33. The molecule has 0 saturated carbocycles. The fourth-order valence-electron chi connectivity index (χ4n) is 2.57. The number of nitrogens with two attached hydrogens (primary N) is 1. The van der Waals surface area contributed by atoms with Gasteiger partial charge in [0.1, 0.15) is 5.82 Å². The number of anilines is 2. The van der Waals surface area contributed by atoms with Gasteiger partial charge in [0.15, 0.2) is 0 Å². The number of hydrogen-bond donors (Lipinski definition) is 1. The van der Waals surface area contributed by atoms with Crippen LogP contribution in [0.2, 0.25) is 0 Å². The minimum Gasteiger partial charge on any atom is -0.397 e. The summed E-state index contributed by atoms with van der Waals surface area (Å²) >= 11 is 0. The van der Waals surface area contributed by atoms with Crippen molar-refractivity contribution in [2.45, 2.75) is 32.7 Å². The van der Waals surface area contributed by atoms with Crippen LogP contribution in [0.3, 0.4) is 0 Å². The monoisotopic (exact) mass is 222 g/mol. The summed E-state index contributed by atoms with van der Waals surface area (Å²) in [6, 6.07) is 5.23. The molecule has 1 aliphatic heterocycles. The third-order valence-electron chi connectivity index (χ3n) is 3.37.